The molecule has 0 spiro atoms. The fraction of sp³-hybridized carbons (Fsp3) is 0. The van der Waals surface area contributed by atoms with E-state index in [4.69, 9.17) is 23.8 Å². The quantitative estimate of drug-likeness (QED) is 0.187. The van der Waals surface area contributed by atoms with Crippen LogP contribution in [0.1, 0.15) is 0 Å². The standard InChI is InChI=1S/C45H27N3O2/c1-3-12-28(13-4-1)29-22-24-31(25-23-29)43-46-44(48-45(47-43)36-19-11-18-34-33-16-7-9-20-38(33)50-42(34)36)32-26-37(30-14-5-2-6-15-30)41-35-17-8-10-21-39(35)49-40(41)27-32/h1-27H. The second kappa shape index (κ2) is 11.4. The third kappa shape index (κ3) is 4.67. The molecule has 0 radical (unpaired) electrons. The van der Waals surface area contributed by atoms with Crippen LogP contribution < -0.4 is 0 Å². The van der Waals surface area contributed by atoms with Gasteiger partial charge in [-0.25, -0.2) is 15.0 Å². The molecule has 0 N–H and O–H groups in total. The molecule has 0 aliphatic carbocycles. The summed E-state index contributed by atoms with van der Waals surface area (Å²) in [5, 5.41) is 4.20. The summed E-state index contributed by atoms with van der Waals surface area (Å²) in [7, 11) is 0. The Kier molecular flexibility index (Phi) is 6.42. The average molecular weight is 642 g/mol. The lowest BCUT2D eigenvalue weighted by molar-refractivity contribution is 0.668. The Morgan fingerprint density at radius 3 is 1.64 bits per heavy atom. The van der Waals surface area contributed by atoms with Crippen molar-refractivity contribution in [3.8, 4) is 56.4 Å². The Bertz CT molecular complexity index is 2850. The summed E-state index contributed by atoms with van der Waals surface area (Å²) < 4.78 is 12.9. The minimum absolute atomic E-state index is 0.535. The normalized spacial score (nSPS) is 11.6. The number of nitrogens with zero attached hydrogens (tertiary/aromatic N) is 3. The summed E-state index contributed by atoms with van der Waals surface area (Å²) >= 11 is 0. The van der Waals surface area contributed by atoms with Gasteiger partial charge in [-0.05, 0) is 52.6 Å². The van der Waals surface area contributed by atoms with Gasteiger partial charge in [0.25, 0.3) is 0 Å². The molecule has 5 heteroatoms. The maximum absolute atomic E-state index is 6.47. The fourth-order valence-electron chi connectivity index (χ4n) is 6.95. The largest absolute Gasteiger partial charge is 0.456 e. The Hall–Kier alpha value is -6.85. The molecular weight excluding hydrogens is 615 g/mol. The molecule has 10 rings (SSSR count). The molecule has 0 unspecified atom stereocenters. The van der Waals surface area contributed by atoms with E-state index >= 15 is 0 Å². The van der Waals surface area contributed by atoms with Gasteiger partial charge >= 0.3 is 0 Å². The molecule has 3 heterocycles. The van der Waals surface area contributed by atoms with E-state index in [1.165, 1.54) is 0 Å². The topological polar surface area (TPSA) is 65.0 Å². The number of rotatable bonds is 5. The summed E-state index contributed by atoms with van der Waals surface area (Å²) in [6.07, 6.45) is 0. The van der Waals surface area contributed by atoms with Gasteiger partial charge in [-0.15, -0.1) is 0 Å². The second-order valence-electron chi connectivity index (χ2n) is 12.4. The lowest BCUT2D eigenvalue weighted by Crippen LogP contribution is -2.00. The molecule has 0 saturated carbocycles. The first-order valence-corrected chi connectivity index (χ1v) is 16.6. The lowest BCUT2D eigenvalue weighted by atomic mass is 9.97. The highest BCUT2D eigenvalue weighted by Gasteiger charge is 2.20. The van der Waals surface area contributed by atoms with Crippen LogP contribution in [-0.4, -0.2) is 15.0 Å². The molecule has 7 aromatic carbocycles. The van der Waals surface area contributed by atoms with Gasteiger partial charge in [-0.2, -0.15) is 0 Å². The van der Waals surface area contributed by atoms with Crippen LogP contribution >= 0.6 is 0 Å². The van der Waals surface area contributed by atoms with Gasteiger partial charge in [0, 0.05) is 32.7 Å². The highest BCUT2D eigenvalue weighted by molar-refractivity contribution is 6.13. The molecule has 3 aromatic heterocycles. The minimum Gasteiger partial charge on any atom is -0.456 e. The van der Waals surface area contributed by atoms with Crippen molar-refractivity contribution >= 4 is 43.9 Å². The van der Waals surface area contributed by atoms with Crippen molar-refractivity contribution in [3.05, 3.63) is 164 Å². The zero-order chi connectivity index (χ0) is 33.0. The molecule has 50 heavy (non-hydrogen) atoms. The first kappa shape index (κ1) is 28.2. The Morgan fingerprint density at radius 2 is 0.880 bits per heavy atom. The van der Waals surface area contributed by atoms with Crippen LogP contribution in [0.15, 0.2) is 173 Å². The highest BCUT2D eigenvalue weighted by atomic mass is 16.3. The predicted molar refractivity (Wildman–Crippen MR) is 202 cm³/mol. The van der Waals surface area contributed by atoms with Crippen LogP contribution in [0.25, 0.3) is 100 Å². The third-order valence-electron chi connectivity index (χ3n) is 9.35. The summed E-state index contributed by atoms with van der Waals surface area (Å²) in [5.41, 5.74) is 10.1. The van der Waals surface area contributed by atoms with Gasteiger partial charge in [0.1, 0.15) is 22.3 Å². The van der Waals surface area contributed by atoms with E-state index < -0.39 is 0 Å². The first-order chi connectivity index (χ1) is 24.8. The molecule has 0 atom stereocenters. The molecule has 0 aliphatic heterocycles. The number of para-hydroxylation sites is 3. The SMILES string of the molecule is c1ccc(-c2ccc(-c3nc(-c4cc(-c5ccccc5)c5c(c4)oc4ccccc45)nc(-c4cccc5c4oc4ccccc45)n3)cc2)cc1. The minimum atomic E-state index is 0.535. The van der Waals surface area contributed by atoms with Gasteiger partial charge in [-0.3, -0.25) is 0 Å². The van der Waals surface area contributed by atoms with E-state index in [1.54, 1.807) is 0 Å². The summed E-state index contributed by atoms with van der Waals surface area (Å²) in [6.45, 7) is 0. The lowest BCUT2D eigenvalue weighted by Gasteiger charge is -2.11. The Morgan fingerprint density at radius 1 is 0.320 bits per heavy atom. The van der Waals surface area contributed by atoms with Gasteiger partial charge in [0.15, 0.2) is 17.5 Å². The van der Waals surface area contributed by atoms with Crippen molar-refractivity contribution in [2.45, 2.75) is 0 Å². The van der Waals surface area contributed by atoms with Crippen LogP contribution in [0.5, 0.6) is 0 Å². The van der Waals surface area contributed by atoms with Crippen molar-refractivity contribution in [1.82, 2.24) is 15.0 Å². The van der Waals surface area contributed by atoms with E-state index in [0.29, 0.717) is 17.5 Å². The number of hydrogen-bond donors (Lipinski definition) is 0. The van der Waals surface area contributed by atoms with Crippen molar-refractivity contribution in [2.24, 2.45) is 0 Å². The molecule has 0 aliphatic rings. The van der Waals surface area contributed by atoms with E-state index in [2.05, 4.69) is 97.1 Å². The second-order valence-corrected chi connectivity index (χ2v) is 12.4. The third-order valence-corrected chi connectivity index (χ3v) is 9.35. The zero-order valence-electron chi connectivity index (χ0n) is 26.7. The molecule has 0 fully saturated rings. The van der Waals surface area contributed by atoms with Crippen molar-refractivity contribution in [1.29, 1.82) is 0 Å². The summed E-state index contributed by atoms with van der Waals surface area (Å²) in [6, 6.07) is 55.7. The maximum Gasteiger partial charge on any atom is 0.167 e. The average Bonchev–Trinajstić information content (AvgIpc) is 3.77. The predicted octanol–water partition coefficient (Wildman–Crippen LogP) is 12.0. The van der Waals surface area contributed by atoms with E-state index in [9.17, 15) is 0 Å². The number of benzene rings is 7. The maximum atomic E-state index is 6.47. The van der Waals surface area contributed by atoms with Crippen LogP contribution in [-0.2, 0) is 0 Å². The molecule has 0 amide bonds. The number of hydrogen-bond acceptors (Lipinski definition) is 5. The van der Waals surface area contributed by atoms with E-state index in [0.717, 1.165) is 82.8 Å². The smallest absolute Gasteiger partial charge is 0.167 e. The van der Waals surface area contributed by atoms with Crippen molar-refractivity contribution < 1.29 is 8.83 Å². The van der Waals surface area contributed by atoms with Crippen LogP contribution in [0, 0.1) is 0 Å². The van der Waals surface area contributed by atoms with Crippen LogP contribution in [0.3, 0.4) is 0 Å². The van der Waals surface area contributed by atoms with Crippen LogP contribution in [0.4, 0.5) is 0 Å². The van der Waals surface area contributed by atoms with E-state index in [1.807, 2.05) is 66.7 Å². The molecule has 5 nitrogen and oxygen atoms in total. The van der Waals surface area contributed by atoms with Crippen molar-refractivity contribution in [3.63, 3.8) is 0 Å². The molecule has 0 bridgehead atoms. The molecule has 0 saturated heterocycles. The summed E-state index contributed by atoms with van der Waals surface area (Å²) in [4.78, 5) is 15.4. The number of aromatic nitrogens is 3. The Balaban J connectivity index is 1.22. The zero-order valence-corrected chi connectivity index (χ0v) is 26.7. The first-order valence-electron chi connectivity index (χ1n) is 16.6. The van der Waals surface area contributed by atoms with Crippen molar-refractivity contribution in [2.75, 3.05) is 0 Å². The molecular formula is C45H27N3O2. The van der Waals surface area contributed by atoms with Crippen LogP contribution in [0.2, 0.25) is 0 Å². The number of fused-ring (bicyclic) bond motifs is 6. The monoisotopic (exact) mass is 641 g/mol. The Labute approximate surface area is 287 Å². The highest BCUT2D eigenvalue weighted by Crippen LogP contribution is 2.41. The fourth-order valence-corrected chi connectivity index (χ4v) is 6.95. The van der Waals surface area contributed by atoms with Gasteiger partial charge in [0.05, 0.1) is 5.56 Å². The molecule has 234 valence electrons. The summed E-state index contributed by atoms with van der Waals surface area (Å²) in [5.74, 6) is 1.65. The van der Waals surface area contributed by atoms with E-state index in [-0.39, 0.29) is 0 Å². The van der Waals surface area contributed by atoms with Gasteiger partial charge in [0.2, 0.25) is 0 Å². The van der Waals surface area contributed by atoms with Gasteiger partial charge < -0.3 is 8.83 Å². The molecule has 10 aromatic rings. The number of furan rings is 2. The van der Waals surface area contributed by atoms with Gasteiger partial charge in [-0.1, -0.05) is 133 Å².